The van der Waals surface area contributed by atoms with Gasteiger partial charge >= 0.3 is 0 Å². The lowest BCUT2D eigenvalue weighted by molar-refractivity contribution is 0.287. The van der Waals surface area contributed by atoms with Gasteiger partial charge in [0.05, 0.1) is 0 Å². The van der Waals surface area contributed by atoms with Crippen molar-refractivity contribution in [1.29, 1.82) is 0 Å². The minimum Gasteiger partial charge on any atom is -0.485 e. The molecule has 0 spiro atoms. The van der Waals surface area contributed by atoms with E-state index in [1.165, 1.54) is 0 Å². The number of nitrogens with zero attached hydrogens (tertiary/aromatic N) is 3. The fourth-order valence-electron chi connectivity index (χ4n) is 1.57. The monoisotopic (exact) mass is 232 g/mol. The van der Waals surface area contributed by atoms with Crippen molar-refractivity contribution < 1.29 is 4.74 Å². The molecular weight excluding hydrogens is 216 g/mol. The van der Waals surface area contributed by atoms with E-state index in [1.807, 2.05) is 42.8 Å². The number of para-hydroxylation sites is 1. The molecule has 0 aliphatic carbocycles. The van der Waals surface area contributed by atoms with Gasteiger partial charge in [0, 0.05) is 18.7 Å². The Kier molecular flexibility index (Phi) is 3.39. The largest absolute Gasteiger partial charge is 0.485 e. The van der Waals surface area contributed by atoms with Gasteiger partial charge < -0.3 is 15.0 Å². The molecule has 0 saturated carbocycles. The highest BCUT2D eigenvalue weighted by Crippen LogP contribution is 2.23. The fourth-order valence-corrected chi connectivity index (χ4v) is 1.57. The van der Waals surface area contributed by atoms with E-state index in [-0.39, 0.29) is 6.04 Å². The highest BCUT2D eigenvalue weighted by atomic mass is 16.5. The molecule has 0 radical (unpaired) electrons. The number of benzene rings is 1. The first-order chi connectivity index (χ1) is 8.18. The molecule has 0 bridgehead atoms. The number of aryl methyl sites for hydroxylation is 1. The van der Waals surface area contributed by atoms with E-state index in [0.717, 1.165) is 17.1 Å². The van der Waals surface area contributed by atoms with Crippen LogP contribution in [-0.2, 0) is 13.7 Å². The van der Waals surface area contributed by atoms with Gasteiger partial charge in [0.2, 0.25) is 0 Å². The second kappa shape index (κ2) is 4.97. The molecule has 1 atom stereocenters. The standard InChI is InChI=1S/C12H16N4O/c1-9(13)10-5-3-4-6-11(10)17-7-12-15-14-8-16(12)2/h3-6,8-9H,7,13H2,1-2H3/t9-/m0/s1. The summed E-state index contributed by atoms with van der Waals surface area (Å²) in [6, 6.07) is 7.71. The molecule has 90 valence electrons. The number of aromatic nitrogens is 3. The minimum absolute atomic E-state index is 0.0503. The molecule has 2 rings (SSSR count). The van der Waals surface area contributed by atoms with Crippen LogP contribution in [0.2, 0.25) is 0 Å². The molecule has 0 aliphatic heterocycles. The van der Waals surface area contributed by atoms with E-state index in [0.29, 0.717) is 6.61 Å². The first kappa shape index (κ1) is 11.6. The molecule has 0 saturated heterocycles. The second-order valence-corrected chi connectivity index (χ2v) is 3.97. The van der Waals surface area contributed by atoms with Gasteiger partial charge in [-0.3, -0.25) is 0 Å². The lowest BCUT2D eigenvalue weighted by Gasteiger charge is -2.13. The molecule has 1 aromatic carbocycles. The van der Waals surface area contributed by atoms with Crippen LogP contribution in [-0.4, -0.2) is 14.8 Å². The molecule has 1 aromatic heterocycles. The van der Waals surface area contributed by atoms with Crippen LogP contribution >= 0.6 is 0 Å². The van der Waals surface area contributed by atoms with Crippen LogP contribution in [0.1, 0.15) is 24.4 Å². The number of nitrogens with two attached hydrogens (primary N) is 1. The normalized spacial score (nSPS) is 12.4. The summed E-state index contributed by atoms with van der Waals surface area (Å²) in [6.07, 6.45) is 1.65. The van der Waals surface area contributed by atoms with Crippen molar-refractivity contribution in [3.05, 3.63) is 42.0 Å². The van der Waals surface area contributed by atoms with E-state index < -0.39 is 0 Å². The number of hydrogen-bond acceptors (Lipinski definition) is 4. The number of hydrogen-bond donors (Lipinski definition) is 1. The van der Waals surface area contributed by atoms with Crippen LogP contribution in [0.3, 0.4) is 0 Å². The predicted molar refractivity (Wildman–Crippen MR) is 64.4 cm³/mol. The summed E-state index contributed by atoms with van der Waals surface area (Å²) >= 11 is 0. The van der Waals surface area contributed by atoms with Gasteiger partial charge in [0.15, 0.2) is 5.82 Å². The van der Waals surface area contributed by atoms with Crippen molar-refractivity contribution >= 4 is 0 Å². The van der Waals surface area contributed by atoms with E-state index in [9.17, 15) is 0 Å². The molecule has 0 fully saturated rings. The van der Waals surface area contributed by atoms with Crippen molar-refractivity contribution in [2.24, 2.45) is 12.8 Å². The molecule has 5 heteroatoms. The summed E-state index contributed by atoms with van der Waals surface area (Å²) in [5, 5.41) is 7.76. The minimum atomic E-state index is -0.0503. The fraction of sp³-hybridized carbons (Fsp3) is 0.333. The van der Waals surface area contributed by atoms with Gasteiger partial charge in [-0.05, 0) is 13.0 Å². The lowest BCUT2D eigenvalue weighted by Crippen LogP contribution is -2.09. The van der Waals surface area contributed by atoms with Gasteiger partial charge in [0.1, 0.15) is 18.7 Å². The predicted octanol–water partition coefficient (Wildman–Crippen LogP) is 1.41. The molecule has 2 N–H and O–H groups in total. The smallest absolute Gasteiger partial charge is 0.170 e. The highest BCUT2D eigenvalue weighted by molar-refractivity contribution is 5.35. The SMILES string of the molecule is C[C@H](N)c1ccccc1OCc1nncn1C. The maximum Gasteiger partial charge on any atom is 0.170 e. The molecule has 0 amide bonds. The van der Waals surface area contributed by atoms with Crippen molar-refractivity contribution in [2.75, 3.05) is 0 Å². The zero-order chi connectivity index (χ0) is 12.3. The first-order valence-electron chi connectivity index (χ1n) is 5.48. The average Bonchev–Trinajstić information content (AvgIpc) is 2.72. The van der Waals surface area contributed by atoms with E-state index in [2.05, 4.69) is 10.2 Å². The van der Waals surface area contributed by atoms with Crippen LogP contribution in [0.15, 0.2) is 30.6 Å². The summed E-state index contributed by atoms with van der Waals surface area (Å²) < 4.78 is 7.55. The van der Waals surface area contributed by atoms with Crippen molar-refractivity contribution in [3.8, 4) is 5.75 Å². The zero-order valence-electron chi connectivity index (χ0n) is 10.00. The Bertz CT molecular complexity index is 493. The zero-order valence-corrected chi connectivity index (χ0v) is 10.00. The summed E-state index contributed by atoms with van der Waals surface area (Å²) in [5.74, 6) is 1.58. The summed E-state index contributed by atoms with van der Waals surface area (Å²) in [7, 11) is 1.89. The summed E-state index contributed by atoms with van der Waals surface area (Å²) in [4.78, 5) is 0. The van der Waals surface area contributed by atoms with E-state index in [1.54, 1.807) is 6.33 Å². The van der Waals surface area contributed by atoms with Crippen LogP contribution in [0.4, 0.5) is 0 Å². The van der Waals surface area contributed by atoms with E-state index in [4.69, 9.17) is 10.5 Å². The first-order valence-corrected chi connectivity index (χ1v) is 5.48. The maximum absolute atomic E-state index is 5.88. The van der Waals surface area contributed by atoms with Crippen LogP contribution in [0.5, 0.6) is 5.75 Å². The maximum atomic E-state index is 5.88. The van der Waals surface area contributed by atoms with Crippen LogP contribution in [0, 0.1) is 0 Å². The Morgan fingerprint density at radius 3 is 2.82 bits per heavy atom. The quantitative estimate of drug-likeness (QED) is 0.865. The third-order valence-corrected chi connectivity index (χ3v) is 2.57. The topological polar surface area (TPSA) is 66.0 Å². The number of ether oxygens (including phenoxy) is 1. The molecule has 2 aromatic rings. The summed E-state index contributed by atoms with van der Waals surface area (Å²) in [6.45, 7) is 2.32. The van der Waals surface area contributed by atoms with E-state index >= 15 is 0 Å². The lowest BCUT2D eigenvalue weighted by atomic mass is 10.1. The molecule has 0 unspecified atom stereocenters. The van der Waals surface area contributed by atoms with Gasteiger partial charge in [-0.25, -0.2) is 0 Å². The molecule has 0 aliphatic rings. The average molecular weight is 232 g/mol. The van der Waals surface area contributed by atoms with Gasteiger partial charge in [0.25, 0.3) is 0 Å². The van der Waals surface area contributed by atoms with Gasteiger partial charge in [-0.15, -0.1) is 10.2 Å². The number of rotatable bonds is 4. The Morgan fingerprint density at radius 1 is 1.41 bits per heavy atom. The Labute approximate surface area is 100 Å². The van der Waals surface area contributed by atoms with Gasteiger partial charge in [-0.2, -0.15) is 0 Å². The second-order valence-electron chi connectivity index (χ2n) is 3.97. The summed E-state index contributed by atoms with van der Waals surface area (Å²) in [5.41, 5.74) is 6.88. The van der Waals surface area contributed by atoms with Crippen molar-refractivity contribution in [2.45, 2.75) is 19.6 Å². The highest BCUT2D eigenvalue weighted by Gasteiger charge is 2.08. The van der Waals surface area contributed by atoms with Crippen molar-refractivity contribution in [1.82, 2.24) is 14.8 Å². The van der Waals surface area contributed by atoms with Crippen molar-refractivity contribution in [3.63, 3.8) is 0 Å². The molecule has 1 heterocycles. The van der Waals surface area contributed by atoms with Gasteiger partial charge in [-0.1, -0.05) is 18.2 Å². The van der Waals surface area contributed by atoms with Crippen LogP contribution in [0.25, 0.3) is 0 Å². The van der Waals surface area contributed by atoms with Crippen LogP contribution < -0.4 is 10.5 Å². The molecule has 5 nitrogen and oxygen atoms in total. The molecular formula is C12H16N4O. The third kappa shape index (κ3) is 2.62. The Balaban J connectivity index is 2.11. The molecule has 17 heavy (non-hydrogen) atoms. The third-order valence-electron chi connectivity index (χ3n) is 2.57. The Hall–Kier alpha value is -1.88. The Morgan fingerprint density at radius 2 is 2.18 bits per heavy atom.